The van der Waals surface area contributed by atoms with Gasteiger partial charge < -0.3 is 13.5 Å². The largest absolute Gasteiger partial charge is 0.534 e. The highest BCUT2D eigenvalue weighted by atomic mass is 32.2. The first kappa shape index (κ1) is 18.1. The lowest BCUT2D eigenvalue weighted by molar-refractivity contribution is -0.0500. The number of hydrogen-bond acceptors (Lipinski definition) is 5. The summed E-state index contributed by atoms with van der Waals surface area (Å²) < 4.78 is 69.0. The molecule has 2 heterocycles. The Hall–Kier alpha value is -1.74. The molecule has 0 spiro atoms. The fraction of sp³-hybridized carbons (Fsp3) is 0.500. The zero-order valence-corrected chi connectivity index (χ0v) is 14.4. The van der Waals surface area contributed by atoms with Gasteiger partial charge in [-0.1, -0.05) is 0 Å². The summed E-state index contributed by atoms with van der Waals surface area (Å²) in [7, 11) is -5.69. The van der Waals surface area contributed by atoms with E-state index in [9.17, 15) is 21.6 Å². The molecular formula is C16H18F3NO4S. The van der Waals surface area contributed by atoms with Gasteiger partial charge in [-0.25, -0.2) is 0 Å². The second-order valence-electron chi connectivity index (χ2n) is 6.17. The number of halogens is 3. The third-order valence-electron chi connectivity index (χ3n) is 4.37. The predicted molar refractivity (Wildman–Crippen MR) is 85.8 cm³/mol. The highest BCUT2D eigenvalue weighted by Crippen LogP contribution is 2.30. The monoisotopic (exact) mass is 377 g/mol. The van der Waals surface area contributed by atoms with Crippen LogP contribution in [0.5, 0.6) is 5.75 Å². The van der Waals surface area contributed by atoms with Gasteiger partial charge in [-0.15, -0.1) is 0 Å². The van der Waals surface area contributed by atoms with Gasteiger partial charge in [-0.05, 0) is 44.5 Å². The maximum absolute atomic E-state index is 12.4. The van der Waals surface area contributed by atoms with Crippen molar-refractivity contribution in [3.63, 3.8) is 0 Å². The van der Waals surface area contributed by atoms with E-state index >= 15 is 0 Å². The Labute approximate surface area is 143 Å². The summed E-state index contributed by atoms with van der Waals surface area (Å²) in [6.07, 6.45) is 3.03. The van der Waals surface area contributed by atoms with E-state index in [4.69, 9.17) is 4.42 Å². The summed E-state index contributed by atoms with van der Waals surface area (Å²) in [5.74, 6) is 0.267. The molecule has 0 amide bonds. The Morgan fingerprint density at radius 3 is 2.72 bits per heavy atom. The number of rotatable bonds is 5. The van der Waals surface area contributed by atoms with Crippen molar-refractivity contribution < 1.29 is 30.2 Å². The van der Waals surface area contributed by atoms with Crippen LogP contribution in [0.3, 0.4) is 0 Å². The van der Waals surface area contributed by atoms with Gasteiger partial charge in [-0.3, -0.25) is 0 Å². The number of nitrogens with zero attached hydrogens (tertiary/aromatic N) is 1. The van der Waals surface area contributed by atoms with Gasteiger partial charge >= 0.3 is 15.6 Å². The fourth-order valence-electron chi connectivity index (χ4n) is 2.99. The molecule has 0 N–H and O–H groups in total. The van der Waals surface area contributed by atoms with E-state index in [1.165, 1.54) is 25.0 Å². The maximum Gasteiger partial charge on any atom is 0.534 e. The SMILES string of the molecule is C[C@@H]1CCCN1CCc1cc2ccc(OS(=O)(=O)C(F)(F)F)cc2o1. The summed E-state index contributed by atoms with van der Waals surface area (Å²) >= 11 is 0. The van der Waals surface area contributed by atoms with Crippen molar-refractivity contribution in [2.45, 2.75) is 37.7 Å². The molecule has 1 aliphatic rings. The number of benzene rings is 1. The zero-order chi connectivity index (χ0) is 18.2. The quantitative estimate of drug-likeness (QED) is 0.588. The Bertz CT molecular complexity index is 860. The highest BCUT2D eigenvalue weighted by molar-refractivity contribution is 7.88. The van der Waals surface area contributed by atoms with Crippen LogP contribution in [0, 0.1) is 0 Å². The summed E-state index contributed by atoms with van der Waals surface area (Å²) in [5.41, 5.74) is -5.18. The lowest BCUT2D eigenvalue weighted by Gasteiger charge is -2.19. The average Bonchev–Trinajstić information content (AvgIpc) is 3.08. The molecule has 0 bridgehead atoms. The van der Waals surface area contributed by atoms with E-state index in [-0.39, 0.29) is 0 Å². The first-order chi connectivity index (χ1) is 11.7. The van der Waals surface area contributed by atoms with Gasteiger partial charge in [0, 0.05) is 30.5 Å². The van der Waals surface area contributed by atoms with Gasteiger partial charge in [-0.2, -0.15) is 21.6 Å². The van der Waals surface area contributed by atoms with Crippen LogP contribution in [0.15, 0.2) is 28.7 Å². The van der Waals surface area contributed by atoms with Crippen LogP contribution >= 0.6 is 0 Å². The minimum Gasteiger partial charge on any atom is -0.461 e. The third-order valence-corrected chi connectivity index (χ3v) is 5.35. The van der Waals surface area contributed by atoms with E-state index in [1.807, 2.05) is 0 Å². The normalized spacial score (nSPS) is 19.6. The van der Waals surface area contributed by atoms with Crippen molar-refractivity contribution in [3.05, 3.63) is 30.0 Å². The van der Waals surface area contributed by atoms with Crippen molar-refractivity contribution in [3.8, 4) is 5.75 Å². The van der Waals surface area contributed by atoms with Crippen molar-refractivity contribution >= 4 is 21.1 Å². The Morgan fingerprint density at radius 2 is 2.08 bits per heavy atom. The molecule has 0 aliphatic carbocycles. The molecule has 1 atom stereocenters. The van der Waals surface area contributed by atoms with Crippen molar-refractivity contribution in [2.75, 3.05) is 13.1 Å². The van der Waals surface area contributed by atoms with Gasteiger partial charge in [0.05, 0.1) is 0 Å². The Kier molecular flexibility index (Phi) is 4.72. The van der Waals surface area contributed by atoms with Crippen LogP contribution in [0.4, 0.5) is 13.2 Å². The second-order valence-corrected chi connectivity index (χ2v) is 7.71. The minimum absolute atomic E-state index is 0.291. The van der Waals surface area contributed by atoms with Gasteiger partial charge in [0.2, 0.25) is 0 Å². The fourth-order valence-corrected chi connectivity index (χ4v) is 3.45. The first-order valence-electron chi connectivity index (χ1n) is 7.93. The molecule has 1 aromatic heterocycles. The highest BCUT2D eigenvalue weighted by Gasteiger charge is 2.48. The van der Waals surface area contributed by atoms with Crippen molar-refractivity contribution in [1.29, 1.82) is 0 Å². The maximum atomic E-state index is 12.4. The van der Waals surface area contributed by atoms with Crippen LogP contribution in [0.2, 0.25) is 0 Å². The Balaban J connectivity index is 1.73. The molecule has 138 valence electrons. The minimum atomic E-state index is -5.69. The molecular weight excluding hydrogens is 359 g/mol. The van der Waals surface area contributed by atoms with E-state index in [2.05, 4.69) is 16.0 Å². The summed E-state index contributed by atoms with van der Waals surface area (Å²) in [5, 5.41) is 0.682. The van der Waals surface area contributed by atoms with E-state index in [0.29, 0.717) is 29.2 Å². The lowest BCUT2D eigenvalue weighted by atomic mass is 10.2. The van der Waals surface area contributed by atoms with Crippen LogP contribution in [0.25, 0.3) is 11.0 Å². The first-order valence-corrected chi connectivity index (χ1v) is 9.34. The van der Waals surface area contributed by atoms with Crippen molar-refractivity contribution in [2.24, 2.45) is 0 Å². The molecule has 25 heavy (non-hydrogen) atoms. The van der Waals surface area contributed by atoms with Gasteiger partial charge in [0.25, 0.3) is 0 Å². The van der Waals surface area contributed by atoms with Crippen LogP contribution in [-0.4, -0.2) is 38.0 Å². The van der Waals surface area contributed by atoms with Gasteiger partial charge in [0.15, 0.2) is 0 Å². The molecule has 1 fully saturated rings. The molecule has 5 nitrogen and oxygen atoms in total. The number of likely N-dealkylation sites (tertiary alicyclic amines) is 1. The lowest BCUT2D eigenvalue weighted by Crippen LogP contribution is -2.28. The number of furan rings is 1. The molecule has 1 aliphatic heterocycles. The van der Waals surface area contributed by atoms with Crippen molar-refractivity contribution in [1.82, 2.24) is 4.90 Å². The van der Waals surface area contributed by atoms with Crippen LogP contribution in [-0.2, 0) is 16.5 Å². The predicted octanol–water partition coefficient (Wildman–Crippen LogP) is 3.69. The van der Waals surface area contributed by atoms with E-state index in [1.54, 1.807) is 6.07 Å². The summed E-state index contributed by atoms with van der Waals surface area (Å²) in [6, 6.07) is 6.14. The molecule has 2 aromatic rings. The number of fused-ring (bicyclic) bond motifs is 1. The molecule has 1 aromatic carbocycles. The van der Waals surface area contributed by atoms with Crippen LogP contribution < -0.4 is 4.18 Å². The zero-order valence-electron chi connectivity index (χ0n) is 13.5. The Morgan fingerprint density at radius 1 is 1.32 bits per heavy atom. The molecule has 0 unspecified atom stereocenters. The van der Waals surface area contributed by atoms with E-state index < -0.39 is 21.4 Å². The van der Waals surface area contributed by atoms with Gasteiger partial charge in [0.1, 0.15) is 17.1 Å². The molecule has 3 rings (SSSR count). The molecule has 0 saturated carbocycles. The number of alkyl halides is 3. The average molecular weight is 377 g/mol. The standard InChI is InChI=1S/C16H18F3NO4S/c1-11-3-2-7-20(11)8-6-13-9-12-4-5-14(10-15(12)23-13)24-25(21,22)16(17,18)19/h4-5,9-11H,2-3,6-8H2,1H3/t11-/m1/s1. The third kappa shape index (κ3) is 3.92. The second kappa shape index (κ2) is 6.53. The summed E-state index contributed by atoms with van der Waals surface area (Å²) in [4.78, 5) is 2.36. The molecule has 1 saturated heterocycles. The summed E-state index contributed by atoms with van der Waals surface area (Å²) in [6.45, 7) is 4.07. The van der Waals surface area contributed by atoms with Crippen LogP contribution in [0.1, 0.15) is 25.5 Å². The molecule has 9 heteroatoms. The topological polar surface area (TPSA) is 59.8 Å². The molecule has 0 radical (unpaired) electrons. The number of hydrogen-bond donors (Lipinski definition) is 0. The smallest absolute Gasteiger partial charge is 0.461 e. The van der Waals surface area contributed by atoms with E-state index in [0.717, 1.165) is 19.2 Å².